The van der Waals surface area contributed by atoms with Crippen molar-refractivity contribution < 1.29 is 13.2 Å². The van der Waals surface area contributed by atoms with Crippen LogP contribution in [0.25, 0.3) is 0 Å². The molecular weight excluding hydrogens is 410 g/mol. The summed E-state index contributed by atoms with van der Waals surface area (Å²) in [6.45, 7) is 1.99. The minimum absolute atomic E-state index is 0.0819. The van der Waals surface area contributed by atoms with Crippen LogP contribution in [0.3, 0.4) is 0 Å². The van der Waals surface area contributed by atoms with E-state index in [1.165, 1.54) is 36.8 Å². The highest BCUT2D eigenvalue weighted by molar-refractivity contribution is 7.89. The molecule has 1 aromatic carbocycles. The maximum atomic E-state index is 12.7. The molecule has 1 saturated heterocycles. The fraction of sp³-hybridized carbons (Fsp3) is 0.708. The number of nitrogens with one attached hydrogen (secondary N) is 2. The summed E-state index contributed by atoms with van der Waals surface area (Å²) < 4.78 is 28.2. The van der Waals surface area contributed by atoms with E-state index in [-0.39, 0.29) is 6.03 Å². The monoisotopic (exact) mass is 447 g/mol. The highest BCUT2D eigenvalue weighted by Crippen LogP contribution is 2.25. The van der Waals surface area contributed by atoms with Crippen LogP contribution in [0.5, 0.6) is 0 Å². The van der Waals surface area contributed by atoms with Gasteiger partial charge in [-0.2, -0.15) is 0 Å². The van der Waals surface area contributed by atoms with Crippen molar-refractivity contribution in [1.82, 2.24) is 14.9 Å². The summed E-state index contributed by atoms with van der Waals surface area (Å²) in [5.41, 5.74) is 2.48. The minimum atomic E-state index is -3.46. The standard InChI is InChI=1S/C24H37N3O3S/c28-24(26-22-8-2-1-3-9-22)27-16-13-19(14-17-27)12-15-25-31(29,30)23-11-10-20-6-4-5-7-21(20)18-23/h10-11,18-19,22,25H,1-9,12-17H2,(H,26,28). The molecule has 1 saturated carbocycles. The molecule has 6 nitrogen and oxygen atoms in total. The molecule has 2 aliphatic carbocycles. The van der Waals surface area contributed by atoms with Crippen molar-refractivity contribution >= 4 is 16.1 Å². The van der Waals surface area contributed by atoms with Gasteiger partial charge in [0.05, 0.1) is 4.90 Å². The number of benzene rings is 1. The second-order valence-electron chi connectivity index (χ2n) is 9.54. The van der Waals surface area contributed by atoms with E-state index >= 15 is 0 Å². The van der Waals surface area contributed by atoms with E-state index in [1.54, 1.807) is 6.07 Å². The van der Waals surface area contributed by atoms with Crippen LogP contribution in [0.4, 0.5) is 4.79 Å². The fourth-order valence-electron chi connectivity index (χ4n) is 5.30. The van der Waals surface area contributed by atoms with Crippen LogP contribution in [0.2, 0.25) is 0 Å². The number of hydrogen-bond donors (Lipinski definition) is 2. The molecule has 4 rings (SSSR count). The molecule has 2 amide bonds. The van der Waals surface area contributed by atoms with Crippen molar-refractivity contribution in [3.05, 3.63) is 29.3 Å². The number of aryl methyl sites for hydroxylation is 2. The Kier molecular flexibility index (Phi) is 7.54. The number of piperidine rings is 1. The van der Waals surface area contributed by atoms with Gasteiger partial charge in [-0.1, -0.05) is 25.3 Å². The Hall–Kier alpha value is -1.60. The van der Waals surface area contributed by atoms with E-state index in [4.69, 9.17) is 0 Å². The van der Waals surface area contributed by atoms with E-state index in [9.17, 15) is 13.2 Å². The SMILES string of the molecule is O=C(NC1CCCCC1)N1CCC(CCNS(=O)(=O)c2ccc3c(c2)CCCC3)CC1. The average Bonchev–Trinajstić information content (AvgIpc) is 2.80. The average molecular weight is 448 g/mol. The summed E-state index contributed by atoms with van der Waals surface area (Å²) in [5.74, 6) is 0.463. The first-order valence-electron chi connectivity index (χ1n) is 12.2. The summed E-state index contributed by atoms with van der Waals surface area (Å²) in [5, 5.41) is 3.20. The summed E-state index contributed by atoms with van der Waals surface area (Å²) in [6, 6.07) is 6.02. The summed E-state index contributed by atoms with van der Waals surface area (Å²) in [7, 11) is -3.46. The zero-order valence-electron chi connectivity index (χ0n) is 18.6. The lowest BCUT2D eigenvalue weighted by Gasteiger charge is -2.34. The highest BCUT2D eigenvalue weighted by atomic mass is 32.2. The molecule has 31 heavy (non-hydrogen) atoms. The Morgan fingerprint density at radius 2 is 1.65 bits per heavy atom. The topological polar surface area (TPSA) is 78.5 Å². The van der Waals surface area contributed by atoms with Gasteiger partial charge in [-0.25, -0.2) is 17.9 Å². The molecule has 7 heteroatoms. The third-order valence-corrected chi connectivity index (χ3v) is 8.77. The van der Waals surface area contributed by atoms with Crippen molar-refractivity contribution in [2.75, 3.05) is 19.6 Å². The van der Waals surface area contributed by atoms with Gasteiger partial charge in [-0.05, 0) is 87.0 Å². The van der Waals surface area contributed by atoms with Crippen molar-refractivity contribution in [3.63, 3.8) is 0 Å². The van der Waals surface area contributed by atoms with Crippen molar-refractivity contribution in [3.8, 4) is 0 Å². The number of carbonyl (C=O) groups is 1. The van der Waals surface area contributed by atoms with Crippen LogP contribution in [-0.4, -0.2) is 45.0 Å². The van der Waals surface area contributed by atoms with Crippen LogP contribution in [0.1, 0.15) is 75.3 Å². The molecule has 2 N–H and O–H groups in total. The van der Waals surface area contributed by atoms with E-state index in [2.05, 4.69) is 10.0 Å². The lowest BCUT2D eigenvalue weighted by molar-refractivity contribution is 0.162. The Bertz CT molecular complexity index is 857. The summed E-state index contributed by atoms with van der Waals surface area (Å²) in [4.78, 5) is 14.8. The van der Waals surface area contributed by atoms with E-state index < -0.39 is 10.0 Å². The molecule has 2 fully saturated rings. The normalized spacial score (nSPS) is 21.0. The number of hydrogen-bond acceptors (Lipinski definition) is 3. The van der Waals surface area contributed by atoms with Crippen LogP contribution in [0.15, 0.2) is 23.1 Å². The van der Waals surface area contributed by atoms with Gasteiger partial charge in [0.1, 0.15) is 0 Å². The Balaban J connectivity index is 1.19. The maximum Gasteiger partial charge on any atom is 0.317 e. The number of carbonyl (C=O) groups excluding carboxylic acids is 1. The number of amides is 2. The van der Waals surface area contributed by atoms with Gasteiger partial charge >= 0.3 is 6.03 Å². The molecule has 0 spiro atoms. The molecule has 0 bridgehead atoms. The number of urea groups is 1. The van der Waals surface area contributed by atoms with Gasteiger partial charge in [0.15, 0.2) is 0 Å². The number of rotatable bonds is 6. The first-order valence-corrected chi connectivity index (χ1v) is 13.7. The molecule has 0 aromatic heterocycles. The summed E-state index contributed by atoms with van der Waals surface area (Å²) >= 11 is 0. The third kappa shape index (κ3) is 6.01. The lowest BCUT2D eigenvalue weighted by Crippen LogP contribution is -2.48. The zero-order valence-corrected chi connectivity index (χ0v) is 19.4. The van der Waals surface area contributed by atoms with Gasteiger partial charge in [0.2, 0.25) is 10.0 Å². The molecule has 3 aliphatic rings. The zero-order chi connectivity index (χ0) is 21.7. The van der Waals surface area contributed by atoms with Gasteiger partial charge < -0.3 is 10.2 Å². The van der Waals surface area contributed by atoms with Crippen molar-refractivity contribution in [2.45, 2.75) is 88.0 Å². The maximum absolute atomic E-state index is 12.7. The van der Waals surface area contributed by atoms with Crippen LogP contribution < -0.4 is 10.0 Å². The minimum Gasteiger partial charge on any atom is -0.335 e. The quantitative estimate of drug-likeness (QED) is 0.692. The lowest BCUT2D eigenvalue weighted by atomic mass is 9.92. The van der Waals surface area contributed by atoms with Crippen molar-refractivity contribution in [1.29, 1.82) is 0 Å². The molecule has 1 aromatic rings. The van der Waals surface area contributed by atoms with Gasteiger partial charge in [0.25, 0.3) is 0 Å². The van der Waals surface area contributed by atoms with E-state index in [0.29, 0.717) is 23.4 Å². The first-order chi connectivity index (χ1) is 15.0. The van der Waals surface area contributed by atoms with Crippen LogP contribution in [-0.2, 0) is 22.9 Å². The smallest absolute Gasteiger partial charge is 0.317 e. The van der Waals surface area contributed by atoms with Crippen LogP contribution >= 0.6 is 0 Å². The first kappa shape index (κ1) is 22.6. The third-order valence-electron chi connectivity index (χ3n) is 7.31. The van der Waals surface area contributed by atoms with Crippen molar-refractivity contribution in [2.24, 2.45) is 5.92 Å². The molecular formula is C24H37N3O3S. The number of fused-ring (bicyclic) bond motifs is 1. The van der Waals surface area contributed by atoms with Gasteiger partial charge in [0, 0.05) is 25.7 Å². The predicted molar refractivity (Wildman–Crippen MR) is 123 cm³/mol. The second kappa shape index (κ2) is 10.3. The predicted octanol–water partition coefficient (Wildman–Crippen LogP) is 3.99. The second-order valence-corrected chi connectivity index (χ2v) is 11.3. The largest absolute Gasteiger partial charge is 0.335 e. The molecule has 172 valence electrons. The number of sulfonamides is 1. The molecule has 1 heterocycles. The fourth-order valence-corrected chi connectivity index (χ4v) is 6.39. The molecule has 0 atom stereocenters. The molecule has 0 unspecified atom stereocenters. The number of nitrogens with zero attached hydrogens (tertiary/aromatic N) is 1. The van der Waals surface area contributed by atoms with E-state index in [0.717, 1.165) is 64.5 Å². The molecule has 1 aliphatic heterocycles. The Morgan fingerprint density at radius 1 is 0.935 bits per heavy atom. The molecule has 0 radical (unpaired) electrons. The number of likely N-dealkylation sites (tertiary alicyclic amines) is 1. The van der Waals surface area contributed by atoms with E-state index in [1.807, 2.05) is 17.0 Å². The van der Waals surface area contributed by atoms with Gasteiger partial charge in [-0.15, -0.1) is 0 Å². The Morgan fingerprint density at radius 3 is 2.39 bits per heavy atom. The summed E-state index contributed by atoms with van der Waals surface area (Å²) in [6.07, 6.45) is 13.0. The highest BCUT2D eigenvalue weighted by Gasteiger charge is 2.25. The van der Waals surface area contributed by atoms with Crippen LogP contribution in [0, 0.1) is 5.92 Å². The van der Waals surface area contributed by atoms with Gasteiger partial charge in [-0.3, -0.25) is 0 Å². The Labute approximate surface area is 187 Å².